The van der Waals surface area contributed by atoms with Gasteiger partial charge in [-0.3, -0.25) is 4.79 Å². The van der Waals surface area contributed by atoms with E-state index in [0.717, 1.165) is 17.0 Å². The van der Waals surface area contributed by atoms with Crippen LogP contribution in [0.2, 0.25) is 5.02 Å². The van der Waals surface area contributed by atoms with Gasteiger partial charge in [0, 0.05) is 29.4 Å². The highest BCUT2D eigenvalue weighted by Crippen LogP contribution is 2.24. The predicted octanol–water partition coefficient (Wildman–Crippen LogP) is 3.58. The van der Waals surface area contributed by atoms with Gasteiger partial charge in [0.25, 0.3) is 0 Å². The Bertz CT molecular complexity index is 823. The minimum absolute atomic E-state index is 0.0288. The third kappa shape index (κ3) is 4.08. The largest absolute Gasteiger partial charge is 0.497 e. The number of ether oxygens (including phenoxy) is 1. The van der Waals surface area contributed by atoms with Gasteiger partial charge >= 0.3 is 6.03 Å². The van der Waals surface area contributed by atoms with Crippen molar-refractivity contribution in [2.45, 2.75) is 19.4 Å². The van der Waals surface area contributed by atoms with Crippen molar-refractivity contribution < 1.29 is 14.3 Å². The molecule has 0 spiro atoms. The van der Waals surface area contributed by atoms with Gasteiger partial charge in [0.2, 0.25) is 5.91 Å². The van der Waals surface area contributed by atoms with Crippen LogP contribution in [0.15, 0.2) is 42.5 Å². The summed E-state index contributed by atoms with van der Waals surface area (Å²) < 4.78 is 5.13. The summed E-state index contributed by atoms with van der Waals surface area (Å²) in [5.74, 6) is 0.699. The summed E-state index contributed by atoms with van der Waals surface area (Å²) in [6.07, 6.45) is 0.258. The van der Waals surface area contributed by atoms with Crippen LogP contribution in [0.4, 0.5) is 16.2 Å². The summed E-state index contributed by atoms with van der Waals surface area (Å²) in [6.45, 7) is 2.32. The van der Waals surface area contributed by atoms with Gasteiger partial charge in [-0.25, -0.2) is 4.79 Å². The van der Waals surface area contributed by atoms with Crippen LogP contribution >= 0.6 is 11.6 Å². The molecule has 6 nitrogen and oxygen atoms in total. The highest BCUT2D eigenvalue weighted by molar-refractivity contribution is 6.31. The highest BCUT2D eigenvalue weighted by Gasteiger charge is 2.31. The topological polar surface area (TPSA) is 70.7 Å². The molecule has 136 valence electrons. The number of rotatable bonds is 4. The Morgan fingerprint density at radius 1 is 1.23 bits per heavy atom. The van der Waals surface area contributed by atoms with E-state index < -0.39 is 0 Å². The summed E-state index contributed by atoms with van der Waals surface area (Å²) in [4.78, 5) is 26.1. The fourth-order valence-corrected chi connectivity index (χ4v) is 3.02. The first-order valence-corrected chi connectivity index (χ1v) is 8.62. The van der Waals surface area contributed by atoms with Crippen LogP contribution < -0.4 is 20.3 Å². The highest BCUT2D eigenvalue weighted by atomic mass is 35.5. The zero-order valence-corrected chi connectivity index (χ0v) is 15.3. The molecule has 1 atom stereocenters. The van der Waals surface area contributed by atoms with Crippen molar-refractivity contribution in [2.75, 3.05) is 23.9 Å². The Morgan fingerprint density at radius 3 is 2.62 bits per heavy atom. The fraction of sp³-hybridized carbons (Fsp3) is 0.263. The maximum absolute atomic E-state index is 12.3. The molecule has 1 heterocycles. The minimum Gasteiger partial charge on any atom is -0.497 e. The number of carbonyl (C=O) groups excluding carboxylic acids is 2. The quantitative estimate of drug-likeness (QED) is 0.860. The number of methoxy groups -OCH3 is 1. The SMILES string of the molecule is COc1ccc(N2C[C@@H](NC(=O)Nc3ccc(C)c(Cl)c3)CC2=O)cc1. The van der Waals surface area contributed by atoms with Crippen LogP contribution in [0, 0.1) is 6.92 Å². The Morgan fingerprint density at radius 2 is 1.96 bits per heavy atom. The van der Waals surface area contributed by atoms with Crippen molar-refractivity contribution in [1.29, 1.82) is 0 Å². The number of carbonyl (C=O) groups is 2. The van der Waals surface area contributed by atoms with E-state index in [2.05, 4.69) is 10.6 Å². The molecule has 0 aromatic heterocycles. The van der Waals surface area contributed by atoms with E-state index >= 15 is 0 Å². The number of aryl methyl sites for hydroxylation is 1. The number of anilines is 2. The molecular formula is C19H20ClN3O3. The summed E-state index contributed by atoms with van der Waals surface area (Å²) >= 11 is 6.06. The Balaban J connectivity index is 1.59. The number of amides is 3. The van der Waals surface area contributed by atoms with Crippen LogP contribution in [-0.4, -0.2) is 31.6 Å². The molecule has 0 saturated carbocycles. The lowest BCUT2D eigenvalue weighted by atomic mass is 10.2. The number of nitrogens with zero attached hydrogens (tertiary/aromatic N) is 1. The molecule has 26 heavy (non-hydrogen) atoms. The second-order valence-corrected chi connectivity index (χ2v) is 6.57. The fourth-order valence-electron chi connectivity index (χ4n) is 2.84. The molecule has 3 rings (SSSR count). The molecular weight excluding hydrogens is 354 g/mol. The van der Waals surface area contributed by atoms with Crippen molar-refractivity contribution in [3.05, 3.63) is 53.1 Å². The van der Waals surface area contributed by atoms with Crippen LogP contribution in [0.25, 0.3) is 0 Å². The minimum atomic E-state index is -0.362. The molecule has 1 aliphatic rings. The predicted molar refractivity (Wildman–Crippen MR) is 102 cm³/mol. The molecule has 1 aliphatic heterocycles. The molecule has 2 aromatic carbocycles. The monoisotopic (exact) mass is 373 g/mol. The zero-order valence-electron chi connectivity index (χ0n) is 14.6. The Kier molecular flexibility index (Phi) is 5.32. The average Bonchev–Trinajstić information content (AvgIpc) is 2.98. The van der Waals surface area contributed by atoms with E-state index in [1.165, 1.54) is 0 Å². The molecule has 1 saturated heterocycles. The second kappa shape index (κ2) is 7.66. The molecule has 0 unspecified atom stereocenters. The standard InChI is InChI=1S/C19H20ClN3O3/c1-12-3-4-13(9-17(12)20)21-19(25)22-14-10-18(24)23(11-14)15-5-7-16(26-2)8-6-15/h3-9,14H,10-11H2,1-2H3,(H2,21,22,25)/t14-/m0/s1. The number of nitrogens with one attached hydrogen (secondary N) is 2. The summed E-state index contributed by atoms with van der Waals surface area (Å²) in [7, 11) is 1.59. The molecule has 1 fully saturated rings. The lowest BCUT2D eigenvalue weighted by Crippen LogP contribution is -2.39. The van der Waals surface area contributed by atoms with Crippen LogP contribution in [0.5, 0.6) is 5.75 Å². The van der Waals surface area contributed by atoms with Crippen molar-refractivity contribution in [2.24, 2.45) is 0 Å². The van der Waals surface area contributed by atoms with Gasteiger partial charge in [-0.15, -0.1) is 0 Å². The van der Waals surface area contributed by atoms with E-state index in [-0.39, 0.29) is 24.4 Å². The molecule has 2 N–H and O–H groups in total. The molecule has 7 heteroatoms. The third-order valence-electron chi connectivity index (χ3n) is 4.27. The third-order valence-corrected chi connectivity index (χ3v) is 4.68. The van der Waals surface area contributed by atoms with E-state index in [1.54, 1.807) is 36.3 Å². The van der Waals surface area contributed by atoms with Gasteiger partial charge in [-0.05, 0) is 48.9 Å². The first-order valence-electron chi connectivity index (χ1n) is 8.24. The van der Waals surface area contributed by atoms with Crippen LogP contribution in [-0.2, 0) is 4.79 Å². The van der Waals surface area contributed by atoms with Gasteiger partial charge in [0.15, 0.2) is 0 Å². The van der Waals surface area contributed by atoms with Gasteiger partial charge in [-0.2, -0.15) is 0 Å². The van der Waals surface area contributed by atoms with Crippen molar-refractivity contribution >= 4 is 34.9 Å². The van der Waals surface area contributed by atoms with E-state index in [4.69, 9.17) is 16.3 Å². The number of urea groups is 1. The van der Waals surface area contributed by atoms with E-state index in [9.17, 15) is 9.59 Å². The number of hydrogen-bond donors (Lipinski definition) is 2. The molecule has 3 amide bonds. The number of hydrogen-bond acceptors (Lipinski definition) is 3. The molecule has 0 radical (unpaired) electrons. The second-order valence-electron chi connectivity index (χ2n) is 6.17. The summed E-state index contributed by atoms with van der Waals surface area (Å²) in [6, 6.07) is 12.0. The van der Waals surface area contributed by atoms with Crippen molar-refractivity contribution in [3.8, 4) is 5.75 Å². The average molecular weight is 374 g/mol. The van der Waals surface area contributed by atoms with Gasteiger partial charge in [-0.1, -0.05) is 17.7 Å². The number of benzene rings is 2. The van der Waals surface area contributed by atoms with Gasteiger partial charge in [0.05, 0.1) is 13.2 Å². The van der Waals surface area contributed by atoms with Gasteiger partial charge < -0.3 is 20.3 Å². The van der Waals surface area contributed by atoms with Crippen molar-refractivity contribution in [3.63, 3.8) is 0 Å². The van der Waals surface area contributed by atoms with E-state index in [1.807, 2.05) is 25.1 Å². The molecule has 0 aliphatic carbocycles. The van der Waals surface area contributed by atoms with Crippen LogP contribution in [0.3, 0.4) is 0 Å². The first-order chi connectivity index (χ1) is 12.5. The lowest BCUT2D eigenvalue weighted by molar-refractivity contribution is -0.117. The Labute approximate surface area is 157 Å². The van der Waals surface area contributed by atoms with Gasteiger partial charge in [0.1, 0.15) is 5.75 Å². The first kappa shape index (κ1) is 18.1. The summed E-state index contributed by atoms with van der Waals surface area (Å²) in [5.41, 5.74) is 2.33. The zero-order chi connectivity index (χ0) is 18.7. The maximum Gasteiger partial charge on any atom is 0.319 e. The molecule has 0 bridgehead atoms. The lowest BCUT2D eigenvalue weighted by Gasteiger charge is -2.18. The van der Waals surface area contributed by atoms with Crippen LogP contribution in [0.1, 0.15) is 12.0 Å². The Hall–Kier alpha value is -2.73. The van der Waals surface area contributed by atoms with E-state index in [0.29, 0.717) is 17.3 Å². The molecule has 2 aromatic rings. The number of halogens is 1. The summed E-state index contributed by atoms with van der Waals surface area (Å²) in [5, 5.41) is 6.16. The van der Waals surface area contributed by atoms with Crippen molar-refractivity contribution in [1.82, 2.24) is 5.32 Å². The maximum atomic E-state index is 12.3. The normalized spacial score (nSPS) is 16.5. The smallest absolute Gasteiger partial charge is 0.319 e.